The molecular formula is C12H17NO6S. The lowest BCUT2D eigenvalue weighted by atomic mass is 10.3. The van der Waals surface area contributed by atoms with Gasteiger partial charge in [0.2, 0.25) is 10.0 Å². The number of nitrogens with one attached hydrogen (secondary N) is 1. The minimum absolute atomic E-state index is 0.0198. The van der Waals surface area contributed by atoms with Crippen LogP contribution >= 0.6 is 0 Å². The van der Waals surface area contributed by atoms with E-state index in [0.717, 1.165) is 0 Å². The number of carbonyl (C=O) groups excluding carboxylic acids is 1. The highest BCUT2D eigenvalue weighted by Gasteiger charge is 2.14. The van der Waals surface area contributed by atoms with Gasteiger partial charge in [-0.2, -0.15) is 0 Å². The Morgan fingerprint density at radius 1 is 1.35 bits per heavy atom. The van der Waals surface area contributed by atoms with Gasteiger partial charge in [-0.25, -0.2) is 8.42 Å². The highest BCUT2D eigenvalue weighted by Crippen LogP contribution is 2.28. The lowest BCUT2D eigenvalue weighted by Crippen LogP contribution is -2.17. The number of aromatic hydroxyl groups is 1. The number of hydrogen-bond donors (Lipinski definition) is 2. The number of hydrogen-bond acceptors (Lipinski definition) is 6. The molecule has 20 heavy (non-hydrogen) atoms. The van der Waals surface area contributed by atoms with Crippen LogP contribution in [0.25, 0.3) is 0 Å². The van der Waals surface area contributed by atoms with E-state index >= 15 is 0 Å². The average Bonchev–Trinajstić information content (AvgIpc) is 2.40. The zero-order valence-corrected chi connectivity index (χ0v) is 12.1. The highest BCUT2D eigenvalue weighted by molar-refractivity contribution is 7.92. The molecule has 0 atom stereocenters. The molecule has 0 heterocycles. The van der Waals surface area contributed by atoms with E-state index in [2.05, 4.69) is 9.46 Å². The van der Waals surface area contributed by atoms with Crippen LogP contribution in [0, 0.1) is 0 Å². The van der Waals surface area contributed by atoms with Crippen molar-refractivity contribution in [2.45, 2.75) is 12.8 Å². The maximum absolute atomic E-state index is 11.8. The van der Waals surface area contributed by atoms with Crippen molar-refractivity contribution in [3.63, 3.8) is 0 Å². The van der Waals surface area contributed by atoms with Gasteiger partial charge < -0.3 is 14.6 Å². The number of rotatable bonds is 7. The minimum Gasteiger partial charge on any atom is -0.506 e. The van der Waals surface area contributed by atoms with Crippen LogP contribution in [-0.2, 0) is 19.6 Å². The molecule has 7 nitrogen and oxygen atoms in total. The SMILES string of the molecule is COC(=O)CCCS(=O)(=O)Nc1ccc(OC)cc1O. The summed E-state index contributed by atoms with van der Waals surface area (Å²) in [6, 6.07) is 4.21. The largest absolute Gasteiger partial charge is 0.506 e. The van der Waals surface area contributed by atoms with Crippen molar-refractivity contribution in [3.05, 3.63) is 18.2 Å². The summed E-state index contributed by atoms with van der Waals surface area (Å²) >= 11 is 0. The number of sulfonamides is 1. The predicted octanol–water partition coefficient (Wildman–Crippen LogP) is 1.10. The second-order valence-corrected chi connectivity index (χ2v) is 5.83. The summed E-state index contributed by atoms with van der Waals surface area (Å²) in [4.78, 5) is 10.9. The second-order valence-electron chi connectivity index (χ2n) is 3.98. The zero-order chi connectivity index (χ0) is 15.2. The van der Waals surface area contributed by atoms with Crippen molar-refractivity contribution in [2.75, 3.05) is 24.7 Å². The number of methoxy groups -OCH3 is 2. The normalized spacial score (nSPS) is 10.9. The predicted molar refractivity (Wildman–Crippen MR) is 73.3 cm³/mol. The monoisotopic (exact) mass is 303 g/mol. The van der Waals surface area contributed by atoms with Crippen LogP contribution in [0.1, 0.15) is 12.8 Å². The van der Waals surface area contributed by atoms with E-state index < -0.39 is 16.0 Å². The van der Waals surface area contributed by atoms with Gasteiger partial charge in [-0.1, -0.05) is 0 Å². The molecule has 112 valence electrons. The minimum atomic E-state index is -3.64. The number of phenols is 1. The topological polar surface area (TPSA) is 102 Å². The van der Waals surface area contributed by atoms with Gasteiger partial charge in [0, 0.05) is 12.5 Å². The summed E-state index contributed by atoms with van der Waals surface area (Å²) in [5.41, 5.74) is 0.0591. The first kappa shape index (κ1) is 16.1. The fourth-order valence-corrected chi connectivity index (χ4v) is 2.59. The Hall–Kier alpha value is -1.96. The van der Waals surface area contributed by atoms with Crippen molar-refractivity contribution in [1.29, 1.82) is 0 Å². The molecule has 0 aromatic heterocycles. The number of phenolic OH excluding ortho intramolecular Hbond substituents is 1. The Morgan fingerprint density at radius 3 is 2.60 bits per heavy atom. The molecule has 0 fully saturated rings. The third kappa shape index (κ3) is 4.96. The quantitative estimate of drug-likeness (QED) is 0.577. The summed E-state index contributed by atoms with van der Waals surface area (Å²) in [5, 5.41) is 9.66. The van der Waals surface area contributed by atoms with E-state index in [1.165, 1.54) is 32.4 Å². The van der Waals surface area contributed by atoms with Gasteiger partial charge in [0.05, 0.1) is 25.7 Å². The summed E-state index contributed by atoms with van der Waals surface area (Å²) in [6.45, 7) is 0. The summed E-state index contributed by atoms with van der Waals surface area (Å²) < 4.78 is 35.1. The molecule has 0 saturated heterocycles. The molecule has 1 aromatic rings. The fourth-order valence-electron chi connectivity index (χ4n) is 1.45. The van der Waals surface area contributed by atoms with Crippen LogP contribution < -0.4 is 9.46 Å². The lowest BCUT2D eigenvalue weighted by molar-refractivity contribution is -0.140. The third-order valence-electron chi connectivity index (χ3n) is 2.49. The number of ether oxygens (including phenoxy) is 2. The first-order chi connectivity index (χ1) is 9.38. The Morgan fingerprint density at radius 2 is 2.05 bits per heavy atom. The Bertz CT molecular complexity index is 569. The van der Waals surface area contributed by atoms with E-state index in [9.17, 15) is 18.3 Å². The van der Waals surface area contributed by atoms with Gasteiger partial charge in [0.1, 0.15) is 11.5 Å². The van der Waals surface area contributed by atoms with Gasteiger partial charge in [0.15, 0.2) is 0 Å². The first-order valence-electron chi connectivity index (χ1n) is 5.82. The van der Waals surface area contributed by atoms with Crippen molar-refractivity contribution >= 4 is 21.7 Å². The van der Waals surface area contributed by atoms with Crippen LogP contribution in [0.3, 0.4) is 0 Å². The Balaban J connectivity index is 2.64. The van der Waals surface area contributed by atoms with Crippen LogP contribution in [0.5, 0.6) is 11.5 Å². The molecule has 2 N–H and O–H groups in total. The maximum Gasteiger partial charge on any atom is 0.305 e. The molecule has 0 radical (unpaired) electrons. The van der Waals surface area contributed by atoms with Crippen LogP contribution in [-0.4, -0.2) is 39.5 Å². The molecular weight excluding hydrogens is 286 g/mol. The van der Waals surface area contributed by atoms with E-state index in [4.69, 9.17) is 4.74 Å². The van der Waals surface area contributed by atoms with E-state index in [1.807, 2.05) is 0 Å². The third-order valence-corrected chi connectivity index (χ3v) is 3.85. The van der Waals surface area contributed by atoms with Crippen molar-refractivity contribution < 1.29 is 27.8 Å². The molecule has 0 bridgehead atoms. The smallest absolute Gasteiger partial charge is 0.305 e. The van der Waals surface area contributed by atoms with E-state index in [0.29, 0.717) is 5.75 Å². The number of esters is 1. The first-order valence-corrected chi connectivity index (χ1v) is 7.47. The van der Waals surface area contributed by atoms with Gasteiger partial charge in [-0.05, 0) is 18.6 Å². The van der Waals surface area contributed by atoms with Crippen LogP contribution in [0.4, 0.5) is 5.69 Å². The molecule has 0 amide bonds. The van der Waals surface area contributed by atoms with E-state index in [1.54, 1.807) is 0 Å². The molecule has 0 unspecified atom stereocenters. The van der Waals surface area contributed by atoms with Crippen molar-refractivity contribution in [3.8, 4) is 11.5 Å². The van der Waals surface area contributed by atoms with Crippen LogP contribution in [0.15, 0.2) is 18.2 Å². The van der Waals surface area contributed by atoms with Gasteiger partial charge >= 0.3 is 5.97 Å². The Labute approximate surface area is 117 Å². The molecule has 0 aliphatic carbocycles. The summed E-state index contributed by atoms with van der Waals surface area (Å²) in [5.74, 6) is -0.530. The maximum atomic E-state index is 11.8. The Kier molecular flexibility index (Phi) is 5.63. The summed E-state index contributed by atoms with van der Waals surface area (Å²) in [6.07, 6.45) is 0.158. The fraction of sp³-hybridized carbons (Fsp3) is 0.417. The molecule has 1 aromatic carbocycles. The van der Waals surface area contributed by atoms with Crippen molar-refractivity contribution in [1.82, 2.24) is 0 Å². The molecule has 8 heteroatoms. The average molecular weight is 303 g/mol. The van der Waals surface area contributed by atoms with Crippen molar-refractivity contribution in [2.24, 2.45) is 0 Å². The molecule has 0 spiro atoms. The number of carbonyl (C=O) groups is 1. The van der Waals surface area contributed by atoms with Gasteiger partial charge in [0.25, 0.3) is 0 Å². The number of anilines is 1. The lowest BCUT2D eigenvalue weighted by Gasteiger charge is -2.10. The molecule has 1 rings (SSSR count). The van der Waals surface area contributed by atoms with Gasteiger partial charge in [-0.15, -0.1) is 0 Å². The second kappa shape index (κ2) is 6.99. The standard InChI is InChI=1S/C12H17NO6S/c1-18-9-5-6-10(11(14)8-9)13-20(16,17)7-3-4-12(15)19-2/h5-6,8,13-14H,3-4,7H2,1-2H3. The molecule has 0 aliphatic rings. The molecule has 0 saturated carbocycles. The highest BCUT2D eigenvalue weighted by atomic mass is 32.2. The zero-order valence-electron chi connectivity index (χ0n) is 11.3. The van der Waals surface area contributed by atoms with Gasteiger partial charge in [-0.3, -0.25) is 9.52 Å². The van der Waals surface area contributed by atoms with E-state index in [-0.39, 0.29) is 30.0 Å². The molecule has 0 aliphatic heterocycles. The van der Waals surface area contributed by atoms with Crippen LogP contribution in [0.2, 0.25) is 0 Å². The summed E-state index contributed by atoms with van der Waals surface area (Å²) in [7, 11) is -0.963. The number of benzene rings is 1.